The maximum Gasteiger partial charge on any atom is 0.190 e. The molecule has 1 N–H and O–H groups in total. The highest BCUT2D eigenvalue weighted by molar-refractivity contribution is 7.80. The van der Waals surface area contributed by atoms with E-state index in [1.807, 2.05) is 36.4 Å². The van der Waals surface area contributed by atoms with E-state index in [1.165, 1.54) is 5.56 Å². The molecule has 0 aliphatic carbocycles. The number of fused-ring (bicyclic) bond motifs is 4. The van der Waals surface area contributed by atoms with Gasteiger partial charge in [-0.1, -0.05) is 43.3 Å². The van der Waals surface area contributed by atoms with Gasteiger partial charge < -0.3 is 10.1 Å². The molecule has 1 saturated heterocycles. The van der Waals surface area contributed by atoms with Gasteiger partial charge in [-0.3, -0.25) is 4.90 Å². The van der Waals surface area contributed by atoms with Crippen molar-refractivity contribution in [3.8, 4) is 5.75 Å². The molecule has 0 unspecified atom stereocenters. The quantitative estimate of drug-likeness (QED) is 0.808. The van der Waals surface area contributed by atoms with Crippen molar-refractivity contribution >= 4 is 23.0 Å². The Kier molecular flexibility index (Phi) is 2.91. The number of benzene rings is 2. The lowest BCUT2D eigenvalue weighted by Gasteiger charge is -2.56. The Labute approximate surface area is 135 Å². The van der Waals surface area contributed by atoms with Gasteiger partial charge in [0.25, 0.3) is 0 Å². The number of nitrogens with zero attached hydrogens (tertiary/aromatic N) is 1. The van der Waals surface area contributed by atoms with Crippen LogP contribution in [0.5, 0.6) is 5.75 Å². The summed E-state index contributed by atoms with van der Waals surface area (Å²) in [7, 11) is 0. The molecule has 4 heteroatoms. The van der Waals surface area contributed by atoms with Gasteiger partial charge >= 0.3 is 0 Å². The van der Waals surface area contributed by atoms with Crippen LogP contribution < -0.4 is 15.0 Å². The largest absolute Gasteiger partial charge is 0.467 e. The van der Waals surface area contributed by atoms with Gasteiger partial charge in [0.1, 0.15) is 5.75 Å². The lowest BCUT2D eigenvalue weighted by Crippen LogP contribution is -2.69. The van der Waals surface area contributed by atoms with E-state index in [4.69, 9.17) is 17.0 Å². The molecule has 2 aromatic carbocycles. The molecular formula is C18H18N2OS. The molecule has 2 aliphatic heterocycles. The third kappa shape index (κ3) is 1.77. The number of ether oxygens (including phenoxy) is 1. The van der Waals surface area contributed by atoms with Gasteiger partial charge in [0, 0.05) is 17.2 Å². The molecule has 0 amide bonds. The molecule has 0 saturated carbocycles. The molecule has 112 valence electrons. The zero-order chi connectivity index (χ0) is 15.3. The molecule has 0 radical (unpaired) electrons. The van der Waals surface area contributed by atoms with E-state index in [0.29, 0.717) is 5.11 Å². The van der Waals surface area contributed by atoms with Crippen LogP contribution in [-0.4, -0.2) is 10.8 Å². The number of rotatable bonds is 1. The third-order valence-corrected chi connectivity index (χ3v) is 5.16. The zero-order valence-corrected chi connectivity index (χ0v) is 13.4. The van der Waals surface area contributed by atoms with Gasteiger partial charge in [0.2, 0.25) is 0 Å². The van der Waals surface area contributed by atoms with Gasteiger partial charge in [0.05, 0.1) is 6.04 Å². The standard InChI is InChI=1S/C18H18N2OS/c1-12-16-14-10-6-7-11-15(14)21-18(12,2)20(17(22)19-16)13-8-4-3-5-9-13/h3-12,16H,1-2H3,(H,19,22)/t12-,16-,18+/m1/s1. The molecule has 2 bridgehead atoms. The molecule has 2 aromatic rings. The summed E-state index contributed by atoms with van der Waals surface area (Å²) in [5.74, 6) is 1.19. The van der Waals surface area contributed by atoms with Gasteiger partial charge in [0.15, 0.2) is 10.8 Å². The van der Waals surface area contributed by atoms with Crippen molar-refractivity contribution in [2.45, 2.75) is 25.6 Å². The van der Waals surface area contributed by atoms with E-state index >= 15 is 0 Å². The fourth-order valence-corrected chi connectivity index (χ4v) is 3.94. The Balaban J connectivity index is 1.87. The molecule has 3 nitrogen and oxygen atoms in total. The molecule has 22 heavy (non-hydrogen) atoms. The van der Waals surface area contributed by atoms with Crippen molar-refractivity contribution in [2.24, 2.45) is 5.92 Å². The number of hydrogen-bond acceptors (Lipinski definition) is 2. The van der Waals surface area contributed by atoms with Crippen molar-refractivity contribution in [3.63, 3.8) is 0 Å². The topological polar surface area (TPSA) is 24.5 Å². The predicted molar refractivity (Wildman–Crippen MR) is 92.0 cm³/mol. The third-order valence-electron chi connectivity index (χ3n) is 4.86. The fourth-order valence-electron chi connectivity index (χ4n) is 3.53. The summed E-state index contributed by atoms with van der Waals surface area (Å²) in [4.78, 5) is 2.10. The molecule has 0 aromatic heterocycles. The van der Waals surface area contributed by atoms with Crippen LogP contribution in [0.3, 0.4) is 0 Å². The molecule has 2 aliphatic rings. The monoisotopic (exact) mass is 310 g/mol. The molecule has 0 spiro atoms. The summed E-state index contributed by atoms with van der Waals surface area (Å²) in [5, 5.41) is 4.22. The summed E-state index contributed by atoms with van der Waals surface area (Å²) >= 11 is 5.65. The first kappa shape index (κ1) is 13.6. The lowest BCUT2D eigenvalue weighted by atomic mass is 9.81. The van der Waals surface area contributed by atoms with Crippen molar-refractivity contribution in [1.82, 2.24) is 5.32 Å². The Bertz CT molecular complexity index is 733. The van der Waals surface area contributed by atoms with Gasteiger partial charge in [-0.05, 0) is 37.3 Å². The van der Waals surface area contributed by atoms with E-state index < -0.39 is 5.72 Å². The number of thiocarbonyl (C=S) groups is 1. The average Bonchev–Trinajstić information content (AvgIpc) is 2.51. The van der Waals surface area contributed by atoms with Crippen LogP contribution in [0.15, 0.2) is 54.6 Å². The fraction of sp³-hybridized carbons (Fsp3) is 0.278. The summed E-state index contributed by atoms with van der Waals surface area (Å²) in [6, 6.07) is 18.6. The molecular weight excluding hydrogens is 292 g/mol. The van der Waals surface area contributed by atoms with E-state index in [0.717, 1.165) is 11.4 Å². The Hall–Kier alpha value is -2.07. The number of para-hydroxylation sites is 2. The predicted octanol–water partition coefficient (Wildman–Crippen LogP) is 3.87. The van der Waals surface area contributed by atoms with Crippen molar-refractivity contribution < 1.29 is 4.74 Å². The van der Waals surface area contributed by atoms with Crippen LogP contribution in [0, 0.1) is 5.92 Å². The minimum atomic E-state index is -0.497. The van der Waals surface area contributed by atoms with Crippen LogP contribution >= 0.6 is 12.2 Å². The maximum absolute atomic E-state index is 6.44. The summed E-state index contributed by atoms with van der Waals surface area (Å²) < 4.78 is 6.44. The summed E-state index contributed by atoms with van der Waals surface area (Å²) in [6.07, 6.45) is 0. The van der Waals surface area contributed by atoms with Crippen molar-refractivity contribution in [2.75, 3.05) is 4.90 Å². The van der Waals surface area contributed by atoms with Gasteiger partial charge in [-0.25, -0.2) is 0 Å². The minimum Gasteiger partial charge on any atom is -0.467 e. The SMILES string of the molecule is C[C@@H]1[C@H]2NC(=S)N(c3ccccc3)[C@@]1(C)Oc1ccccc12. The van der Waals surface area contributed by atoms with Crippen LogP contribution in [0.25, 0.3) is 0 Å². The first-order valence-electron chi connectivity index (χ1n) is 7.55. The minimum absolute atomic E-state index is 0.183. The summed E-state index contributed by atoms with van der Waals surface area (Å²) in [5.41, 5.74) is 1.73. The second-order valence-electron chi connectivity index (χ2n) is 6.08. The first-order chi connectivity index (χ1) is 10.6. The highest BCUT2D eigenvalue weighted by Gasteiger charge is 2.53. The Morgan fingerprint density at radius 3 is 2.55 bits per heavy atom. The molecule has 4 rings (SSSR count). The van der Waals surface area contributed by atoms with E-state index in [2.05, 4.69) is 42.3 Å². The summed E-state index contributed by atoms with van der Waals surface area (Å²) in [6.45, 7) is 4.34. The smallest absolute Gasteiger partial charge is 0.190 e. The van der Waals surface area contributed by atoms with Crippen LogP contribution in [0.2, 0.25) is 0 Å². The second-order valence-corrected chi connectivity index (χ2v) is 6.47. The van der Waals surface area contributed by atoms with Crippen molar-refractivity contribution in [3.05, 3.63) is 60.2 Å². The van der Waals surface area contributed by atoms with Crippen LogP contribution in [0.1, 0.15) is 25.5 Å². The average molecular weight is 310 g/mol. The van der Waals surface area contributed by atoms with Crippen LogP contribution in [0.4, 0.5) is 5.69 Å². The lowest BCUT2D eigenvalue weighted by molar-refractivity contribution is -0.00316. The second kappa shape index (κ2) is 4.71. The first-order valence-corrected chi connectivity index (χ1v) is 7.96. The maximum atomic E-state index is 6.44. The normalized spacial score (nSPS) is 29.4. The zero-order valence-electron chi connectivity index (χ0n) is 12.6. The molecule has 2 heterocycles. The Morgan fingerprint density at radius 1 is 1.09 bits per heavy atom. The van der Waals surface area contributed by atoms with Crippen LogP contribution in [-0.2, 0) is 0 Å². The number of anilines is 1. The highest BCUT2D eigenvalue weighted by atomic mass is 32.1. The Morgan fingerprint density at radius 2 is 1.77 bits per heavy atom. The number of hydrogen-bond donors (Lipinski definition) is 1. The van der Waals surface area contributed by atoms with Gasteiger partial charge in [-0.2, -0.15) is 0 Å². The van der Waals surface area contributed by atoms with Gasteiger partial charge in [-0.15, -0.1) is 0 Å². The van der Waals surface area contributed by atoms with E-state index in [9.17, 15) is 0 Å². The molecule has 1 fully saturated rings. The van der Waals surface area contributed by atoms with E-state index in [1.54, 1.807) is 0 Å². The van der Waals surface area contributed by atoms with E-state index in [-0.39, 0.29) is 12.0 Å². The number of nitrogens with one attached hydrogen (secondary N) is 1. The highest BCUT2D eigenvalue weighted by Crippen LogP contribution is 2.48. The van der Waals surface area contributed by atoms with Crippen molar-refractivity contribution in [1.29, 1.82) is 0 Å². The molecule has 3 atom stereocenters.